The molecule has 29 heavy (non-hydrogen) atoms. The highest BCUT2D eigenvalue weighted by molar-refractivity contribution is 5.85. The highest BCUT2D eigenvalue weighted by atomic mass is 35.5. The van der Waals surface area contributed by atoms with Gasteiger partial charge in [0.2, 0.25) is 5.66 Å². The van der Waals surface area contributed by atoms with E-state index in [1.54, 1.807) is 0 Å². The highest BCUT2D eigenvalue weighted by Crippen LogP contribution is 2.74. The number of nitrogens with zero attached hydrogens (tertiary/aromatic N) is 1. The number of carbonyl (C=O) groups is 1. The predicted octanol–water partition coefficient (Wildman–Crippen LogP) is -1.61. The Labute approximate surface area is 177 Å². The third-order valence-electron chi connectivity index (χ3n) is 8.64. The zero-order chi connectivity index (χ0) is 19.9. The Morgan fingerprint density at radius 1 is 1.41 bits per heavy atom. The summed E-state index contributed by atoms with van der Waals surface area (Å²) in [6.45, 7) is 3.26. The third-order valence-corrected chi connectivity index (χ3v) is 8.64. The molecule has 0 amide bonds. The smallest absolute Gasteiger partial charge is 0.316 e. The second-order valence-electron chi connectivity index (χ2n) is 9.16. The second kappa shape index (κ2) is 6.20. The molecule has 4 aliphatic heterocycles. The quantitative estimate of drug-likeness (QED) is 0.305. The number of aliphatic hydroxyl groups excluding tert-OH is 2. The number of para-hydroxylation sites is 1. The number of hydrogen-bond donors (Lipinski definition) is 3. The Balaban J connectivity index is 0.00000205. The molecular formula is C22H29ClN2O4. The number of hydrogen-bond acceptors (Lipinski definition) is 5. The van der Waals surface area contributed by atoms with Gasteiger partial charge in [-0.15, -0.1) is 0 Å². The molecule has 3 N–H and O–H groups in total. The van der Waals surface area contributed by atoms with Gasteiger partial charge in [-0.2, -0.15) is 0 Å². The molecule has 1 saturated carbocycles. The predicted molar refractivity (Wildman–Crippen MR) is 104 cm³/mol. The first-order valence-corrected chi connectivity index (χ1v) is 10.1. The Morgan fingerprint density at radius 3 is 2.79 bits per heavy atom. The van der Waals surface area contributed by atoms with Gasteiger partial charge in [-0.1, -0.05) is 24.3 Å². The van der Waals surface area contributed by atoms with E-state index >= 15 is 0 Å². The van der Waals surface area contributed by atoms with Crippen molar-refractivity contribution in [3.05, 3.63) is 41.5 Å². The Kier molecular flexibility index (Phi) is 4.42. The fourth-order valence-corrected chi connectivity index (χ4v) is 7.70. The summed E-state index contributed by atoms with van der Waals surface area (Å²) in [5.41, 5.74) is 0.476. The molecule has 1 aliphatic carbocycles. The van der Waals surface area contributed by atoms with E-state index in [4.69, 9.17) is 4.74 Å². The first-order chi connectivity index (χ1) is 13.4. The van der Waals surface area contributed by atoms with E-state index in [-0.39, 0.29) is 30.9 Å². The van der Waals surface area contributed by atoms with E-state index in [0.717, 1.165) is 29.9 Å². The Hall–Kier alpha value is -1.60. The van der Waals surface area contributed by atoms with Crippen LogP contribution in [0.4, 0.5) is 5.69 Å². The zero-order valence-corrected chi connectivity index (χ0v) is 17.9. The Morgan fingerprint density at radius 2 is 2.14 bits per heavy atom. The van der Waals surface area contributed by atoms with E-state index in [1.165, 1.54) is 7.11 Å². The molecule has 4 heterocycles. The van der Waals surface area contributed by atoms with E-state index < -0.39 is 22.6 Å². The minimum absolute atomic E-state index is 0. The standard InChI is InChI=1S/C22H29N2O4.ClH/c1-4-14-12-24(2)10-9-21-15-7-5-6-8-17(15)23-22(21,24)18(26)11-16(14)20(21,13-25)19(27)28-3;/h4-8,16,18,23,25-26H,9-13H2,1-3H3;1H/q+1;/p-1/b14-4+;/t16-,18-,20?,21+,22?,24?;/m1./s1. The van der Waals surface area contributed by atoms with Crippen molar-refractivity contribution >= 4 is 11.7 Å². The molecule has 0 aromatic heterocycles. The molecule has 0 radical (unpaired) electrons. The number of ether oxygens (including phenoxy) is 1. The molecule has 4 bridgehead atoms. The second-order valence-corrected chi connectivity index (χ2v) is 9.16. The molecule has 6 nitrogen and oxygen atoms in total. The van der Waals surface area contributed by atoms with Crippen molar-refractivity contribution in [3.63, 3.8) is 0 Å². The van der Waals surface area contributed by atoms with Crippen molar-refractivity contribution in [1.82, 2.24) is 0 Å². The molecule has 3 unspecified atom stereocenters. The molecule has 1 aromatic carbocycles. The summed E-state index contributed by atoms with van der Waals surface area (Å²) in [6.07, 6.45) is 2.59. The van der Waals surface area contributed by atoms with Crippen LogP contribution in [0.3, 0.4) is 0 Å². The summed E-state index contributed by atoms with van der Waals surface area (Å²) in [4.78, 5) is 13.5. The van der Waals surface area contributed by atoms with Crippen molar-refractivity contribution < 1.29 is 36.6 Å². The van der Waals surface area contributed by atoms with Crippen LogP contribution >= 0.6 is 0 Å². The number of benzene rings is 1. The topological polar surface area (TPSA) is 78.8 Å². The molecule has 3 saturated heterocycles. The number of allylic oxidation sites excluding steroid dienone is 1. The maximum atomic E-state index is 13.5. The van der Waals surface area contributed by atoms with E-state index in [2.05, 4.69) is 24.5 Å². The van der Waals surface area contributed by atoms with Crippen LogP contribution in [0.5, 0.6) is 0 Å². The lowest BCUT2D eigenvalue weighted by atomic mass is 9.45. The van der Waals surface area contributed by atoms with Gasteiger partial charge < -0.3 is 32.7 Å². The van der Waals surface area contributed by atoms with E-state index in [1.807, 2.05) is 25.1 Å². The monoisotopic (exact) mass is 420 g/mol. The average Bonchev–Trinajstić information content (AvgIpc) is 3.12. The molecule has 1 aromatic rings. The number of aliphatic hydroxyl groups is 2. The van der Waals surface area contributed by atoms with Crippen LogP contribution in [0.15, 0.2) is 35.9 Å². The van der Waals surface area contributed by atoms with Gasteiger partial charge in [0.25, 0.3) is 0 Å². The number of carbonyl (C=O) groups excluding carboxylic acids is 1. The number of fused-ring (bicyclic) bond motifs is 3. The minimum atomic E-state index is -1.13. The van der Waals surface area contributed by atoms with Crippen molar-refractivity contribution in [1.29, 1.82) is 0 Å². The summed E-state index contributed by atoms with van der Waals surface area (Å²) in [5, 5.41) is 26.2. The first kappa shape index (κ1) is 20.7. The number of anilines is 1. The minimum Gasteiger partial charge on any atom is -1.00 e. The fourth-order valence-electron chi connectivity index (χ4n) is 7.70. The number of nitrogens with one attached hydrogen (secondary N) is 1. The summed E-state index contributed by atoms with van der Waals surface area (Å²) < 4.78 is 5.98. The maximum absolute atomic E-state index is 13.5. The van der Waals surface area contributed by atoms with Crippen LogP contribution < -0.4 is 17.7 Å². The summed E-state index contributed by atoms with van der Waals surface area (Å²) in [5.74, 6) is -0.629. The SMILES string of the molecule is C/C=C1\C[N+]2(C)CC[C@@]34c5ccccc5NC32[C@H](O)C[C@H]1C4(CO)C(=O)OC.[Cl-]. The largest absolute Gasteiger partial charge is 1.00 e. The molecule has 5 aliphatic rings. The normalized spacial score (nSPS) is 45.1. The summed E-state index contributed by atoms with van der Waals surface area (Å²) >= 11 is 0. The van der Waals surface area contributed by atoms with Crippen molar-refractivity contribution in [2.45, 2.75) is 36.9 Å². The van der Waals surface area contributed by atoms with Crippen molar-refractivity contribution in [3.8, 4) is 0 Å². The van der Waals surface area contributed by atoms with Gasteiger partial charge in [-0.3, -0.25) is 9.28 Å². The van der Waals surface area contributed by atoms with Crippen LogP contribution in [0.2, 0.25) is 0 Å². The van der Waals surface area contributed by atoms with Gasteiger partial charge in [-0.25, -0.2) is 0 Å². The Bertz CT molecular complexity index is 907. The fraction of sp³-hybridized carbons (Fsp3) is 0.591. The maximum Gasteiger partial charge on any atom is 0.316 e. The number of quaternary nitrogens is 1. The highest BCUT2D eigenvalue weighted by Gasteiger charge is 2.88. The van der Waals surface area contributed by atoms with Gasteiger partial charge >= 0.3 is 5.97 Å². The number of rotatable bonds is 2. The van der Waals surface area contributed by atoms with Crippen LogP contribution in [-0.2, 0) is 14.9 Å². The van der Waals surface area contributed by atoms with Gasteiger partial charge in [0, 0.05) is 18.0 Å². The summed E-state index contributed by atoms with van der Waals surface area (Å²) in [6, 6.07) is 8.04. The van der Waals surface area contributed by atoms with Crippen molar-refractivity contribution in [2.24, 2.45) is 11.3 Å². The molecule has 4 fully saturated rings. The van der Waals surface area contributed by atoms with Gasteiger partial charge in [0.05, 0.1) is 32.7 Å². The van der Waals surface area contributed by atoms with Crippen LogP contribution in [-0.4, -0.2) is 66.3 Å². The van der Waals surface area contributed by atoms with Crippen LogP contribution in [0.25, 0.3) is 0 Å². The van der Waals surface area contributed by atoms with E-state index in [9.17, 15) is 15.0 Å². The molecule has 158 valence electrons. The number of methoxy groups -OCH3 is 1. The molecular weight excluding hydrogens is 392 g/mol. The van der Waals surface area contributed by atoms with Gasteiger partial charge in [0.1, 0.15) is 18.1 Å². The molecule has 6 atom stereocenters. The van der Waals surface area contributed by atoms with Crippen molar-refractivity contribution in [2.75, 3.05) is 39.2 Å². The number of esters is 1. The number of likely N-dealkylation sites (N-methyl/N-ethyl adjacent to an activating group) is 1. The molecule has 6 rings (SSSR count). The third kappa shape index (κ3) is 1.84. The zero-order valence-electron chi connectivity index (χ0n) is 17.1. The van der Waals surface area contributed by atoms with E-state index in [0.29, 0.717) is 17.3 Å². The number of halogens is 1. The molecule has 7 heteroatoms. The average molecular weight is 421 g/mol. The lowest BCUT2D eigenvalue weighted by Gasteiger charge is -2.58. The van der Waals surface area contributed by atoms with Gasteiger partial charge in [-0.05, 0) is 30.5 Å². The summed E-state index contributed by atoms with van der Waals surface area (Å²) in [7, 11) is 3.59. The lowest BCUT2D eigenvalue weighted by Crippen LogP contribution is -3.00. The van der Waals surface area contributed by atoms with Gasteiger partial charge in [0.15, 0.2) is 0 Å². The van der Waals surface area contributed by atoms with Crippen LogP contribution in [0.1, 0.15) is 25.3 Å². The van der Waals surface area contributed by atoms with Crippen LogP contribution in [0, 0.1) is 11.3 Å². The molecule has 1 spiro atoms. The lowest BCUT2D eigenvalue weighted by molar-refractivity contribution is -0.944. The first-order valence-electron chi connectivity index (χ1n) is 10.1.